The summed E-state index contributed by atoms with van der Waals surface area (Å²) in [5.41, 5.74) is 0.179. The number of hydrogen-bond donors (Lipinski definition) is 0. The molecule has 1 unspecified atom stereocenters. The van der Waals surface area contributed by atoms with Gasteiger partial charge in [0, 0.05) is 19.7 Å². The topological polar surface area (TPSA) is 29.5 Å². The predicted octanol–water partition coefficient (Wildman–Crippen LogP) is 2.76. The zero-order chi connectivity index (χ0) is 14.5. The molecule has 0 N–H and O–H groups in total. The lowest BCUT2D eigenvalue weighted by atomic mass is 10.1. The van der Waals surface area contributed by atoms with Crippen molar-refractivity contribution in [1.29, 1.82) is 0 Å². The van der Waals surface area contributed by atoms with E-state index in [1.807, 2.05) is 0 Å². The van der Waals surface area contributed by atoms with Crippen molar-refractivity contribution in [3.05, 3.63) is 35.6 Å². The van der Waals surface area contributed by atoms with Crippen molar-refractivity contribution in [2.45, 2.75) is 25.8 Å². The Labute approximate surface area is 119 Å². The average Bonchev–Trinajstić information content (AvgIpc) is 3.27. The number of Topliss-reactive ketones (excluding diaryl/α,β-unsaturated/α-hetero) is 1. The first kappa shape index (κ1) is 15.1. The number of rotatable bonds is 8. The average molecular weight is 279 g/mol. The number of halogens is 1. The predicted molar refractivity (Wildman–Crippen MR) is 76.4 cm³/mol. The molecule has 0 saturated heterocycles. The number of ether oxygens (including phenoxy) is 1. The van der Waals surface area contributed by atoms with E-state index in [2.05, 4.69) is 11.8 Å². The molecule has 0 heterocycles. The van der Waals surface area contributed by atoms with Gasteiger partial charge in [0.25, 0.3) is 0 Å². The quantitative estimate of drug-likeness (QED) is 0.685. The van der Waals surface area contributed by atoms with Crippen LogP contribution in [0.15, 0.2) is 24.3 Å². The van der Waals surface area contributed by atoms with Crippen LogP contribution in [-0.4, -0.2) is 43.5 Å². The first-order valence-corrected chi connectivity index (χ1v) is 7.14. The maximum Gasteiger partial charge on any atom is 0.179 e. The van der Waals surface area contributed by atoms with E-state index in [0.29, 0.717) is 25.1 Å². The number of carbonyl (C=O) groups is 1. The SMILES string of the molecule is COCCN(CC(=O)c1ccccc1F)C(C)C1CC1. The molecule has 1 atom stereocenters. The number of carbonyl (C=O) groups excluding carboxylic acids is 1. The summed E-state index contributed by atoms with van der Waals surface area (Å²) in [4.78, 5) is 14.4. The van der Waals surface area contributed by atoms with Gasteiger partial charge in [0.2, 0.25) is 0 Å². The summed E-state index contributed by atoms with van der Waals surface area (Å²) in [7, 11) is 1.65. The van der Waals surface area contributed by atoms with Gasteiger partial charge in [-0.05, 0) is 37.8 Å². The normalized spacial score (nSPS) is 16.4. The van der Waals surface area contributed by atoms with Crippen molar-refractivity contribution in [3.8, 4) is 0 Å². The molecule has 110 valence electrons. The molecular formula is C16H22FNO2. The number of methoxy groups -OCH3 is 1. The first-order valence-electron chi connectivity index (χ1n) is 7.14. The van der Waals surface area contributed by atoms with Crippen molar-refractivity contribution < 1.29 is 13.9 Å². The lowest BCUT2D eigenvalue weighted by molar-refractivity contribution is 0.0813. The number of ketones is 1. The zero-order valence-electron chi connectivity index (χ0n) is 12.1. The summed E-state index contributed by atoms with van der Waals surface area (Å²) in [5, 5.41) is 0. The van der Waals surface area contributed by atoms with Gasteiger partial charge in [-0.2, -0.15) is 0 Å². The van der Waals surface area contributed by atoms with Gasteiger partial charge >= 0.3 is 0 Å². The molecule has 0 aromatic heterocycles. The highest BCUT2D eigenvalue weighted by molar-refractivity contribution is 5.97. The highest BCUT2D eigenvalue weighted by atomic mass is 19.1. The molecule has 1 aliphatic rings. The van der Waals surface area contributed by atoms with Crippen molar-refractivity contribution >= 4 is 5.78 Å². The smallest absolute Gasteiger partial charge is 0.179 e. The Morgan fingerprint density at radius 1 is 1.45 bits per heavy atom. The van der Waals surface area contributed by atoms with E-state index in [4.69, 9.17) is 4.74 Å². The molecule has 1 aliphatic carbocycles. The molecule has 0 aliphatic heterocycles. The number of hydrogen-bond acceptors (Lipinski definition) is 3. The molecule has 0 amide bonds. The summed E-state index contributed by atoms with van der Waals surface area (Å²) in [6.07, 6.45) is 2.44. The van der Waals surface area contributed by atoms with Gasteiger partial charge in [-0.15, -0.1) is 0 Å². The van der Waals surface area contributed by atoms with E-state index in [-0.39, 0.29) is 17.9 Å². The van der Waals surface area contributed by atoms with Gasteiger partial charge in [-0.1, -0.05) is 12.1 Å². The van der Waals surface area contributed by atoms with Crippen LogP contribution in [0, 0.1) is 11.7 Å². The fourth-order valence-corrected chi connectivity index (χ4v) is 2.47. The summed E-state index contributed by atoms with van der Waals surface area (Å²) < 4.78 is 18.8. The highest BCUT2D eigenvalue weighted by Gasteiger charge is 2.32. The fourth-order valence-electron chi connectivity index (χ4n) is 2.47. The molecule has 0 radical (unpaired) electrons. The van der Waals surface area contributed by atoms with E-state index in [1.54, 1.807) is 25.3 Å². The maximum atomic E-state index is 13.7. The van der Waals surface area contributed by atoms with Crippen molar-refractivity contribution in [1.82, 2.24) is 4.90 Å². The van der Waals surface area contributed by atoms with Crippen LogP contribution in [0.25, 0.3) is 0 Å². The molecular weight excluding hydrogens is 257 g/mol. The summed E-state index contributed by atoms with van der Waals surface area (Å²) in [6, 6.07) is 6.52. The monoisotopic (exact) mass is 279 g/mol. The van der Waals surface area contributed by atoms with Crippen molar-refractivity contribution in [2.75, 3.05) is 26.8 Å². The van der Waals surface area contributed by atoms with Gasteiger partial charge in [-0.25, -0.2) is 4.39 Å². The van der Waals surface area contributed by atoms with Gasteiger partial charge in [0.05, 0.1) is 18.7 Å². The van der Waals surface area contributed by atoms with Gasteiger partial charge in [-0.3, -0.25) is 9.69 Å². The van der Waals surface area contributed by atoms with Gasteiger partial charge in [0.1, 0.15) is 5.82 Å². The largest absolute Gasteiger partial charge is 0.383 e. The Hall–Kier alpha value is -1.26. The lowest BCUT2D eigenvalue weighted by Crippen LogP contribution is -2.40. The Morgan fingerprint density at radius 2 is 2.15 bits per heavy atom. The van der Waals surface area contributed by atoms with E-state index in [1.165, 1.54) is 18.9 Å². The second kappa shape index (κ2) is 6.95. The Morgan fingerprint density at radius 3 is 2.75 bits per heavy atom. The third-order valence-corrected chi connectivity index (χ3v) is 3.98. The minimum absolute atomic E-state index is 0.160. The molecule has 0 bridgehead atoms. The summed E-state index contributed by atoms with van der Waals surface area (Å²) in [5.74, 6) is 0.0650. The molecule has 20 heavy (non-hydrogen) atoms. The van der Waals surface area contributed by atoms with Crippen LogP contribution in [0.3, 0.4) is 0 Å². The standard InChI is InChI=1S/C16H22FNO2/c1-12(13-7-8-13)18(9-10-20-2)11-16(19)14-5-3-4-6-15(14)17/h3-6,12-13H,7-11H2,1-2H3. The Bertz CT molecular complexity index is 460. The Kier molecular flexibility index (Phi) is 5.26. The number of benzene rings is 1. The van der Waals surface area contributed by atoms with Gasteiger partial charge < -0.3 is 4.74 Å². The first-order chi connectivity index (χ1) is 9.63. The molecule has 1 fully saturated rings. The van der Waals surface area contributed by atoms with Crippen LogP contribution in [0.4, 0.5) is 4.39 Å². The van der Waals surface area contributed by atoms with Crippen LogP contribution in [0.5, 0.6) is 0 Å². The van der Waals surface area contributed by atoms with Gasteiger partial charge in [0.15, 0.2) is 5.78 Å². The molecule has 0 spiro atoms. The van der Waals surface area contributed by atoms with E-state index in [9.17, 15) is 9.18 Å². The van der Waals surface area contributed by atoms with Crippen LogP contribution in [0.2, 0.25) is 0 Å². The maximum absolute atomic E-state index is 13.7. The van der Waals surface area contributed by atoms with Crippen LogP contribution < -0.4 is 0 Å². The fraction of sp³-hybridized carbons (Fsp3) is 0.562. The molecule has 1 aromatic carbocycles. The molecule has 2 rings (SSSR count). The van der Waals surface area contributed by atoms with Crippen LogP contribution in [0.1, 0.15) is 30.1 Å². The zero-order valence-corrected chi connectivity index (χ0v) is 12.1. The number of nitrogens with zero attached hydrogens (tertiary/aromatic N) is 1. The Balaban J connectivity index is 2.02. The van der Waals surface area contributed by atoms with Crippen molar-refractivity contribution in [3.63, 3.8) is 0 Å². The summed E-state index contributed by atoms with van der Waals surface area (Å²) >= 11 is 0. The van der Waals surface area contributed by atoms with Crippen LogP contribution >= 0.6 is 0 Å². The summed E-state index contributed by atoms with van der Waals surface area (Å²) in [6.45, 7) is 3.68. The minimum atomic E-state index is -0.441. The van der Waals surface area contributed by atoms with Crippen molar-refractivity contribution in [2.24, 2.45) is 5.92 Å². The lowest BCUT2D eigenvalue weighted by Gasteiger charge is -2.28. The molecule has 1 aromatic rings. The van der Waals surface area contributed by atoms with Crippen LogP contribution in [-0.2, 0) is 4.74 Å². The molecule has 3 nitrogen and oxygen atoms in total. The molecule has 1 saturated carbocycles. The second-order valence-corrected chi connectivity index (χ2v) is 5.44. The van der Waals surface area contributed by atoms with E-state index in [0.717, 1.165) is 0 Å². The third-order valence-electron chi connectivity index (χ3n) is 3.98. The highest BCUT2D eigenvalue weighted by Crippen LogP contribution is 2.35. The third kappa shape index (κ3) is 3.87. The molecule has 4 heteroatoms. The minimum Gasteiger partial charge on any atom is -0.383 e. The van der Waals surface area contributed by atoms with E-state index >= 15 is 0 Å². The second-order valence-electron chi connectivity index (χ2n) is 5.44. The van der Waals surface area contributed by atoms with E-state index < -0.39 is 5.82 Å².